The van der Waals surface area contributed by atoms with Crippen molar-refractivity contribution in [2.45, 2.75) is 213 Å². The number of ether oxygens (including phenoxy) is 2. The van der Waals surface area contributed by atoms with E-state index in [0.29, 0.717) is 13.0 Å². The first-order valence-electron chi connectivity index (χ1n) is 19.4. The van der Waals surface area contributed by atoms with Crippen molar-refractivity contribution in [2.24, 2.45) is 0 Å². The lowest BCUT2D eigenvalue weighted by Crippen LogP contribution is -2.28. The first-order chi connectivity index (χ1) is 21.9. The second kappa shape index (κ2) is 34.9. The maximum atomic E-state index is 12.3. The van der Waals surface area contributed by atoms with E-state index in [9.17, 15) is 9.36 Å². The second-order valence-electron chi connectivity index (χ2n) is 13.3. The molecule has 0 saturated heterocycles. The summed E-state index contributed by atoms with van der Waals surface area (Å²) in [5.41, 5.74) is 0. The number of carbonyl (C=O) groups is 1. The van der Waals surface area contributed by atoms with Gasteiger partial charge in [-0.2, -0.15) is 0 Å². The lowest BCUT2D eigenvalue weighted by atomic mass is 10.0. The molecule has 0 aliphatic heterocycles. The minimum absolute atomic E-state index is 0.0859. The molecule has 0 aromatic rings. The van der Waals surface area contributed by atoms with Crippen LogP contribution in [0.4, 0.5) is 0 Å². The highest BCUT2D eigenvalue weighted by Crippen LogP contribution is 2.36. The second-order valence-corrected chi connectivity index (χ2v) is 14.5. The fraction of sp³-hybridized carbons (Fsp3) is 0.973. The van der Waals surface area contributed by atoms with Crippen molar-refractivity contribution in [2.75, 3.05) is 19.8 Å². The van der Waals surface area contributed by atoms with Gasteiger partial charge in [0, 0.05) is 13.0 Å². The summed E-state index contributed by atoms with van der Waals surface area (Å²) in [7, 11) is -4.64. The van der Waals surface area contributed by atoms with Crippen molar-refractivity contribution in [3.63, 3.8) is 0 Å². The molecule has 0 amide bonds. The summed E-state index contributed by atoms with van der Waals surface area (Å²) in [5.74, 6) is -0.361. The summed E-state index contributed by atoms with van der Waals surface area (Å²) < 4.78 is 26.9. The van der Waals surface area contributed by atoms with Crippen molar-refractivity contribution < 1.29 is 33.1 Å². The maximum absolute atomic E-state index is 12.3. The highest BCUT2D eigenvalue weighted by Gasteiger charge is 2.21. The molecule has 0 saturated carbocycles. The molecule has 0 bridgehead atoms. The highest BCUT2D eigenvalue weighted by molar-refractivity contribution is 7.46. The lowest BCUT2D eigenvalue weighted by Gasteiger charge is -2.18. The Morgan fingerprint density at radius 3 is 1.20 bits per heavy atom. The first kappa shape index (κ1) is 44.5. The number of unbranched alkanes of at least 4 members (excludes halogenated alkanes) is 27. The van der Waals surface area contributed by atoms with Crippen molar-refractivity contribution in [1.29, 1.82) is 0 Å². The summed E-state index contributed by atoms with van der Waals surface area (Å²) in [5, 5.41) is 0. The Hall–Kier alpha value is -0.460. The Morgan fingerprint density at radius 2 is 0.844 bits per heavy atom. The number of esters is 1. The van der Waals surface area contributed by atoms with E-state index in [4.69, 9.17) is 19.3 Å². The highest BCUT2D eigenvalue weighted by atomic mass is 31.2. The van der Waals surface area contributed by atoms with Gasteiger partial charge in [-0.1, -0.05) is 187 Å². The summed E-state index contributed by atoms with van der Waals surface area (Å²) in [6.45, 7) is 4.76. The molecule has 0 unspecified atom stereocenters. The maximum Gasteiger partial charge on any atom is 0.469 e. The molecule has 8 heteroatoms. The molecule has 0 aromatic carbocycles. The number of carbonyl (C=O) groups excluding carboxylic acids is 1. The molecular formula is C37H75O7P. The van der Waals surface area contributed by atoms with Crippen LogP contribution < -0.4 is 0 Å². The van der Waals surface area contributed by atoms with Crippen molar-refractivity contribution in [3.8, 4) is 0 Å². The van der Waals surface area contributed by atoms with E-state index in [1.54, 1.807) is 0 Å². The molecule has 0 aliphatic carbocycles. The van der Waals surface area contributed by atoms with E-state index in [1.807, 2.05) is 0 Å². The molecule has 7 nitrogen and oxygen atoms in total. The third kappa shape index (κ3) is 37.9. The molecule has 2 N–H and O–H groups in total. The van der Waals surface area contributed by atoms with Gasteiger partial charge in [0.05, 0.1) is 13.2 Å². The van der Waals surface area contributed by atoms with Gasteiger partial charge in [-0.3, -0.25) is 9.32 Å². The third-order valence-corrected chi connectivity index (χ3v) is 9.14. The normalized spacial score (nSPS) is 12.5. The Balaban J connectivity index is 3.68. The van der Waals surface area contributed by atoms with Crippen molar-refractivity contribution >= 4 is 13.8 Å². The average Bonchev–Trinajstić information content (AvgIpc) is 3.01. The van der Waals surface area contributed by atoms with E-state index in [0.717, 1.165) is 32.1 Å². The van der Waals surface area contributed by atoms with Crippen LogP contribution in [0.25, 0.3) is 0 Å². The van der Waals surface area contributed by atoms with E-state index in [-0.39, 0.29) is 19.2 Å². The van der Waals surface area contributed by atoms with Gasteiger partial charge in [0.25, 0.3) is 0 Å². The van der Waals surface area contributed by atoms with E-state index >= 15 is 0 Å². The molecule has 1 atom stereocenters. The number of phosphoric acid groups is 1. The molecule has 0 heterocycles. The number of phosphoric ester groups is 1. The average molecular weight is 663 g/mol. The van der Waals surface area contributed by atoms with Crippen LogP contribution in [0.2, 0.25) is 0 Å². The van der Waals surface area contributed by atoms with Gasteiger partial charge < -0.3 is 19.3 Å². The number of hydrogen-bond donors (Lipinski definition) is 2. The minimum Gasteiger partial charge on any atom is -0.457 e. The van der Waals surface area contributed by atoms with Crippen LogP contribution in [-0.4, -0.2) is 41.7 Å². The van der Waals surface area contributed by atoms with Crippen LogP contribution in [0.15, 0.2) is 0 Å². The monoisotopic (exact) mass is 663 g/mol. The molecule has 45 heavy (non-hydrogen) atoms. The van der Waals surface area contributed by atoms with Crippen molar-refractivity contribution in [1.82, 2.24) is 0 Å². The lowest BCUT2D eigenvalue weighted by molar-refractivity contribution is -0.154. The molecule has 0 rings (SSSR count). The van der Waals surface area contributed by atoms with Gasteiger partial charge in [0.15, 0.2) is 0 Å². The standard InChI is InChI=1S/C37H75O7P/c1-3-5-7-9-11-13-14-15-16-17-18-19-20-21-22-23-25-27-29-31-33-42-34-36(35-43-45(39,40)41)44-37(38)32-30-28-26-24-12-10-8-6-4-2/h36H,3-35H2,1-2H3,(H2,39,40,41)/t36-/m1/s1. The largest absolute Gasteiger partial charge is 0.469 e. The third-order valence-electron chi connectivity index (χ3n) is 8.66. The van der Waals surface area contributed by atoms with Crippen LogP contribution in [0.5, 0.6) is 0 Å². The predicted octanol–water partition coefficient (Wildman–Crippen LogP) is 11.8. The molecule has 0 fully saturated rings. The topological polar surface area (TPSA) is 102 Å². The van der Waals surface area contributed by atoms with Crippen LogP contribution >= 0.6 is 7.82 Å². The molecular weight excluding hydrogens is 587 g/mol. The first-order valence-corrected chi connectivity index (χ1v) is 20.9. The van der Waals surface area contributed by atoms with Gasteiger partial charge in [-0.15, -0.1) is 0 Å². The number of hydrogen-bond acceptors (Lipinski definition) is 5. The zero-order valence-electron chi connectivity index (χ0n) is 29.8. The number of rotatable bonds is 37. The fourth-order valence-corrected chi connectivity index (χ4v) is 6.16. The Kier molecular flexibility index (Phi) is 34.5. The molecule has 0 aliphatic rings. The summed E-state index contributed by atoms with van der Waals surface area (Å²) >= 11 is 0. The van der Waals surface area contributed by atoms with E-state index < -0.39 is 13.9 Å². The minimum atomic E-state index is -4.64. The molecule has 0 radical (unpaired) electrons. The van der Waals surface area contributed by atoms with Crippen LogP contribution in [-0.2, 0) is 23.4 Å². The molecule has 270 valence electrons. The Morgan fingerprint density at radius 1 is 0.511 bits per heavy atom. The van der Waals surface area contributed by atoms with E-state index in [2.05, 4.69) is 18.4 Å². The SMILES string of the molecule is CCCCCCCCCCCCCCCCCCCCCCOC[C@H](COP(=O)(O)O)OC(=O)CCCCCCCCCCC. The smallest absolute Gasteiger partial charge is 0.457 e. The molecule has 0 spiro atoms. The summed E-state index contributed by atoms with van der Waals surface area (Å²) in [6.07, 6.45) is 36.8. The predicted molar refractivity (Wildman–Crippen MR) is 189 cm³/mol. The van der Waals surface area contributed by atoms with Crippen molar-refractivity contribution in [3.05, 3.63) is 0 Å². The van der Waals surface area contributed by atoms with Gasteiger partial charge in [-0.05, 0) is 12.8 Å². The van der Waals surface area contributed by atoms with Gasteiger partial charge in [0.2, 0.25) is 0 Å². The zero-order chi connectivity index (χ0) is 33.1. The van der Waals surface area contributed by atoms with Crippen LogP contribution in [0.3, 0.4) is 0 Å². The summed E-state index contributed by atoms with van der Waals surface area (Å²) in [4.78, 5) is 30.4. The van der Waals surface area contributed by atoms with Crippen LogP contribution in [0, 0.1) is 0 Å². The Labute approximate surface area is 279 Å². The van der Waals surface area contributed by atoms with Gasteiger partial charge >= 0.3 is 13.8 Å². The Bertz CT molecular complexity index is 655. The van der Waals surface area contributed by atoms with E-state index in [1.165, 1.54) is 154 Å². The fourth-order valence-electron chi connectivity index (χ4n) is 5.80. The quantitative estimate of drug-likeness (QED) is 0.0387. The summed E-state index contributed by atoms with van der Waals surface area (Å²) in [6, 6.07) is 0. The van der Waals surface area contributed by atoms with Gasteiger partial charge in [-0.25, -0.2) is 4.57 Å². The molecule has 0 aromatic heterocycles. The zero-order valence-corrected chi connectivity index (χ0v) is 30.7. The van der Waals surface area contributed by atoms with Crippen LogP contribution in [0.1, 0.15) is 206 Å². The van der Waals surface area contributed by atoms with Gasteiger partial charge in [0.1, 0.15) is 6.10 Å².